The summed E-state index contributed by atoms with van der Waals surface area (Å²) in [6.07, 6.45) is 4.23. The Morgan fingerprint density at radius 1 is 1.07 bits per heavy atom. The zero-order chi connectivity index (χ0) is 20.2. The van der Waals surface area contributed by atoms with Gasteiger partial charge in [-0.25, -0.2) is 4.98 Å². The molecular formula is C23H26N4O2. The molecule has 6 nitrogen and oxygen atoms in total. The number of anilines is 1. The maximum atomic E-state index is 12.7. The number of hydrogen-bond acceptors (Lipinski definition) is 4. The molecule has 6 heteroatoms. The van der Waals surface area contributed by atoms with Crippen LogP contribution in [0.25, 0.3) is 5.69 Å². The molecule has 0 atom stereocenters. The Morgan fingerprint density at radius 2 is 1.86 bits per heavy atom. The van der Waals surface area contributed by atoms with E-state index in [1.807, 2.05) is 53.7 Å². The first-order valence-electron chi connectivity index (χ1n) is 9.90. The zero-order valence-electron chi connectivity index (χ0n) is 16.9. The van der Waals surface area contributed by atoms with Crippen molar-refractivity contribution in [2.24, 2.45) is 0 Å². The Morgan fingerprint density at radius 3 is 2.62 bits per heavy atom. The molecule has 1 aliphatic rings. The summed E-state index contributed by atoms with van der Waals surface area (Å²) in [5, 5.41) is 0. The van der Waals surface area contributed by atoms with Crippen molar-refractivity contribution in [3.8, 4) is 11.4 Å². The first-order valence-corrected chi connectivity index (χ1v) is 9.90. The number of benzene rings is 2. The third-order valence-corrected chi connectivity index (χ3v) is 5.31. The van der Waals surface area contributed by atoms with Gasteiger partial charge in [0.05, 0.1) is 19.2 Å². The van der Waals surface area contributed by atoms with E-state index in [4.69, 9.17) is 4.74 Å². The van der Waals surface area contributed by atoms with Crippen molar-refractivity contribution in [1.82, 2.24) is 14.5 Å². The Balaban J connectivity index is 1.41. The van der Waals surface area contributed by atoms with Crippen molar-refractivity contribution >= 4 is 11.9 Å². The minimum absolute atomic E-state index is 0.186. The Kier molecular flexibility index (Phi) is 5.51. The van der Waals surface area contributed by atoms with Gasteiger partial charge in [0, 0.05) is 44.6 Å². The van der Waals surface area contributed by atoms with Crippen LogP contribution in [0.2, 0.25) is 0 Å². The van der Waals surface area contributed by atoms with Crippen LogP contribution in [0.15, 0.2) is 60.9 Å². The van der Waals surface area contributed by atoms with Crippen LogP contribution in [0.5, 0.6) is 5.75 Å². The first kappa shape index (κ1) is 19.1. The second kappa shape index (κ2) is 8.39. The largest absolute Gasteiger partial charge is 0.497 e. The predicted octanol–water partition coefficient (Wildman–Crippen LogP) is 3.08. The van der Waals surface area contributed by atoms with Gasteiger partial charge >= 0.3 is 0 Å². The van der Waals surface area contributed by atoms with E-state index < -0.39 is 0 Å². The number of piperazine rings is 1. The zero-order valence-corrected chi connectivity index (χ0v) is 16.9. The van der Waals surface area contributed by atoms with Crippen LogP contribution in [-0.2, 0) is 11.2 Å². The van der Waals surface area contributed by atoms with E-state index in [2.05, 4.69) is 33.5 Å². The van der Waals surface area contributed by atoms with Gasteiger partial charge in [-0.2, -0.15) is 0 Å². The average molecular weight is 390 g/mol. The van der Waals surface area contributed by atoms with Crippen molar-refractivity contribution in [3.05, 3.63) is 72.1 Å². The summed E-state index contributed by atoms with van der Waals surface area (Å²) in [6, 6.07) is 16.1. The smallest absolute Gasteiger partial charge is 0.227 e. The van der Waals surface area contributed by atoms with Crippen LogP contribution in [0.1, 0.15) is 11.1 Å². The van der Waals surface area contributed by atoms with E-state index in [0.717, 1.165) is 36.0 Å². The van der Waals surface area contributed by atoms with Crippen LogP contribution < -0.4 is 9.64 Å². The Bertz CT molecular complexity index is 990. The van der Waals surface area contributed by atoms with Crippen molar-refractivity contribution in [1.29, 1.82) is 0 Å². The molecule has 1 aliphatic heterocycles. The highest BCUT2D eigenvalue weighted by atomic mass is 16.5. The summed E-state index contributed by atoms with van der Waals surface area (Å²) in [7, 11) is 1.67. The number of rotatable bonds is 5. The van der Waals surface area contributed by atoms with Crippen molar-refractivity contribution in [2.45, 2.75) is 13.3 Å². The summed E-state index contributed by atoms with van der Waals surface area (Å²) in [5.74, 6) is 1.89. The predicted molar refractivity (Wildman–Crippen MR) is 114 cm³/mol. The number of carbonyl (C=O) groups excluding carboxylic acids is 1. The fourth-order valence-corrected chi connectivity index (χ4v) is 3.76. The number of ether oxygens (including phenoxy) is 1. The first-order chi connectivity index (χ1) is 14.1. The number of carbonyl (C=O) groups is 1. The summed E-state index contributed by atoms with van der Waals surface area (Å²) in [6.45, 7) is 4.99. The SMILES string of the molecule is COc1cccc(-n2ccnc2N2CCN(C(=O)Cc3cccc(C)c3)CC2)c1. The van der Waals surface area contributed by atoms with Gasteiger partial charge in [0.1, 0.15) is 5.75 Å². The van der Waals surface area contributed by atoms with Gasteiger partial charge in [-0.3, -0.25) is 9.36 Å². The second-order valence-corrected chi connectivity index (χ2v) is 7.33. The van der Waals surface area contributed by atoms with E-state index in [0.29, 0.717) is 19.5 Å². The van der Waals surface area contributed by atoms with Crippen LogP contribution in [0, 0.1) is 6.92 Å². The molecule has 1 saturated heterocycles. The topological polar surface area (TPSA) is 50.6 Å². The van der Waals surface area contributed by atoms with Crippen molar-refractivity contribution in [2.75, 3.05) is 38.2 Å². The molecular weight excluding hydrogens is 364 g/mol. The molecule has 1 aromatic heterocycles. The van der Waals surface area contributed by atoms with E-state index in [1.165, 1.54) is 5.56 Å². The lowest BCUT2D eigenvalue weighted by Crippen LogP contribution is -2.49. The molecule has 0 saturated carbocycles. The van der Waals surface area contributed by atoms with Gasteiger partial charge in [0.15, 0.2) is 0 Å². The van der Waals surface area contributed by atoms with Gasteiger partial charge in [-0.1, -0.05) is 35.9 Å². The Labute approximate surface area is 171 Å². The van der Waals surface area contributed by atoms with Gasteiger partial charge < -0.3 is 14.5 Å². The van der Waals surface area contributed by atoms with Crippen molar-refractivity contribution in [3.63, 3.8) is 0 Å². The lowest BCUT2D eigenvalue weighted by molar-refractivity contribution is -0.130. The number of hydrogen-bond donors (Lipinski definition) is 0. The highest BCUT2D eigenvalue weighted by molar-refractivity contribution is 5.79. The molecule has 2 aromatic carbocycles. The quantitative estimate of drug-likeness (QED) is 0.672. The van der Waals surface area contributed by atoms with E-state index in [1.54, 1.807) is 7.11 Å². The molecule has 0 N–H and O–H groups in total. The molecule has 0 radical (unpaired) electrons. The number of amides is 1. The number of nitrogens with zero attached hydrogens (tertiary/aromatic N) is 4. The van der Waals surface area contributed by atoms with E-state index in [-0.39, 0.29) is 5.91 Å². The molecule has 0 unspecified atom stereocenters. The molecule has 1 amide bonds. The summed E-state index contributed by atoms with van der Waals surface area (Å²) >= 11 is 0. The molecule has 2 heterocycles. The maximum Gasteiger partial charge on any atom is 0.227 e. The normalized spacial score (nSPS) is 14.1. The molecule has 29 heavy (non-hydrogen) atoms. The van der Waals surface area contributed by atoms with Crippen molar-refractivity contribution < 1.29 is 9.53 Å². The fourth-order valence-electron chi connectivity index (χ4n) is 3.76. The third-order valence-electron chi connectivity index (χ3n) is 5.31. The minimum Gasteiger partial charge on any atom is -0.497 e. The molecule has 3 aromatic rings. The number of aryl methyl sites for hydroxylation is 1. The molecule has 150 valence electrons. The molecule has 0 bridgehead atoms. The van der Waals surface area contributed by atoms with Crippen LogP contribution in [-0.4, -0.2) is 53.6 Å². The summed E-state index contributed by atoms with van der Waals surface area (Å²) < 4.78 is 7.41. The van der Waals surface area contributed by atoms with Crippen LogP contribution in [0.3, 0.4) is 0 Å². The van der Waals surface area contributed by atoms with E-state index >= 15 is 0 Å². The highest BCUT2D eigenvalue weighted by Gasteiger charge is 2.24. The van der Waals surface area contributed by atoms with Gasteiger partial charge in [-0.05, 0) is 24.6 Å². The monoisotopic (exact) mass is 390 g/mol. The second-order valence-electron chi connectivity index (χ2n) is 7.33. The van der Waals surface area contributed by atoms with Gasteiger partial charge in [0.2, 0.25) is 11.9 Å². The fraction of sp³-hybridized carbons (Fsp3) is 0.304. The lowest BCUT2D eigenvalue weighted by atomic mass is 10.1. The number of aromatic nitrogens is 2. The third kappa shape index (κ3) is 4.26. The molecule has 0 aliphatic carbocycles. The Hall–Kier alpha value is -3.28. The molecule has 0 spiro atoms. The van der Waals surface area contributed by atoms with Crippen LogP contribution >= 0.6 is 0 Å². The summed E-state index contributed by atoms with van der Waals surface area (Å²) in [4.78, 5) is 21.5. The minimum atomic E-state index is 0.186. The average Bonchev–Trinajstić information content (AvgIpc) is 3.24. The van der Waals surface area contributed by atoms with E-state index in [9.17, 15) is 4.79 Å². The lowest BCUT2D eigenvalue weighted by Gasteiger charge is -2.35. The molecule has 4 rings (SSSR count). The highest BCUT2D eigenvalue weighted by Crippen LogP contribution is 2.23. The van der Waals surface area contributed by atoms with Crippen LogP contribution in [0.4, 0.5) is 5.95 Å². The van der Waals surface area contributed by atoms with Gasteiger partial charge in [0.25, 0.3) is 0 Å². The van der Waals surface area contributed by atoms with Gasteiger partial charge in [-0.15, -0.1) is 0 Å². The number of methoxy groups -OCH3 is 1. The standard InChI is InChI=1S/C23H26N4O2/c1-18-5-3-6-19(15-18)16-22(28)25-11-13-26(14-12-25)23-24-9-10-27(23)20-7-4-8-21(17-20)29-2/h3-10,15,17H,11-14,16H2,1-2H3. The summed E-state index contributed by atoms with van der Waals surface area (Å²) in [5.41, 5.74) is 3.27. The number of imidazole rings is 1. The molecule has 1 fully saturated rings. The maximum absolute atomic E-state index is 12.7.